The van der Waals surface area contributed by atoms with Crippen LogP contribution in [-0.2, 0) is 28.0 Å². The molecule has 2 aromatic carbocycles. The number of hydrogen-bond donors (Lipinski definition) is 2. The number of halogens is 1. The smallest absolute Gasteiger partial charge is 0.325 e. The third-order valence-corrected chi connectivity index (χ3v) is 6.00. The standard InChI is InChI=1S/C23H24FN3O3/c1-14(15-7-10-19(24)11-8-15)25-20(28)13-27-21(29)23(2,26-22(27)30)18-9-6-16-4-3-5-17(16)12-18/h6-12,14H,3-5,13H2,1-2H3,(H,25,28)(H,26,30). The summed E-state index contributed by atoms with van der Waals surface area (Å²) in [5.41, 5.74) is 2.75. The van der Waals surface area contributed by atoms with Crippen molar-refractivity contribution in [2.75, 3.05) is 6.54 Å². The van der Waals surface area contributed by atoms with E-state index in [2.05, 4.69) is 10.6 Å². The molecule has 1 heterocycles. The minimum Gasteiger partial charge on any atom is -0.348 e. The first-order valence-electron chi connectivity index (χ1n) is 10.1. The highest BCUT2D eigenvalue weighted by molar-refractivity contribution is 6.09. The lowest BCUT2D eigenvalue weighted by Crippen LogP contribution is -2.43. The average molecular weight is 409 g/mol. The van der Waals surface area contributed by atoms with Crippen molar-refractivity contribution in [2.45, 2.75) is 44.7 Å². The van der Waals surface area contributed by atoms with E-state index in [1.54, 1.807) is 26.0 Å². The Morgan fingerprint density at radius 3 is 2.60 bits per heavy atom. The second kappa shape index (κ2) is 7.55. The lowest BCUT2D eigenvalue weighted by Gasteiger charge is -2.23. The number of nitrogens with zero attached hydrogens (tertiary/aromatic N) is 1. The maximum Gasteiger partial charge on any atom is 0.325 e. The number of fused-ring (bicyclic) bond motifs is 1. The lowest BCUT2D eigenvalue weighted by molar-refractivity contribution is -0.135. The monoisotopic (exact) mass is 409 g/mol. The maximum atomic E-state index is 13.1. The van der Waals surface area contributed by atoms with Gasteiger partial charge in [-0.05, 0) is 67.5 Å². The van der Waals surface area contributed by atoms with Crippen molar-refractivity contribution in [3.05, 3.63) is 70.5 Å². The Bertz CT molecular complexity index is 1020. The van der Waals surface area contributed by atoms with E-state index in [1.165, 1.54) is 23.3 Å². The van der Waals surface area contributed by atoms with Crippen LogP contribution >= 0.6 is 0 Å². The number of benzene rings is 2. The molecule has 1 saturated heterocycles. The molecule has 0 saturated carbocycles. The van der Waals surface area contributed by atoms with Crippen LogP contribution in [0.5, 0.6) is 0 Å². The number of nitrogens with one attached hydrogen (secondary N) is 2. The number of hydrogen-bond acceptors (Lipinski definition) is 3. The zero-order valence-corrected chi connectivity index (χ0v) is 17.0. The van der Waals surface area contributed by atoms with E-state index in [1.807, 2.05) is 18.2 Å². The molecule has 2 atom stereocenters. The topological polar surface area (TPSA) is 78.5 Å². The van der Waals surface area contributed by atoms with Gasteiger partial charge >= 0.3 is 6.03 Å². The van der Waals surface area contributed by atoms with Gasteiger partial charge in [0.15, 0.2) is 0 Å². The van der Waals surface area contributed by atoms with E-state index in [9.17, 15) is 18.8 Å². The summed E-state index contributed by atoms with van der Waals surface area (Å²) in [7, 11) is 0. The summed E-state index contributed by atoms with van der Waals surface area (Å²) in [6.45, 7) is 3.05. The molecular formula is C23H24FN3O3. The molecule has 1 aliphatic heterocycles. The van der Waals surface area contributed by atoms with Crippen LogP contribution < -0.4 is 10.6 Å². The minimum absolute atomic E-state index is 0.359. The predicted molar refractivity (Wildman–Crippen MR) is 109 cm³/mol. The summed E-state index contributed by atoms with van der Waals surface area (Å²) in [4.78, 5) is 39.0. The summed E-state index contributed by atoms with van der Waals surface area (Å²) in [6.07, 6.45) is 3.09. The lowest BCUT2D eigenvalue weighted by atomic mass is 9.89. The van der Waals surface area contributed by atoms with Crippen molar-refractivity contribution >= 4 is 17.8 Å². The average Bonchev–Trinajstić information content (AvgIpc) is 3.27. The molecule has 4 amide bonds. The SMILES string of the molecule is CC(NC(=O)CN1C(=O)NC(C)(c2ccc3c(c2)CCC3)C1=O)c1ccc(F)cc1. The van der Waals surface area contributed by atoms with Crippen molar-refractivity contribution in [1.82, 2.24) is 15.5 Å². The zero-order chi connectivity index (χ0) is 21.5. The molecule has 30 heavy (non-hydrogen) atoms. The number of carbonyl (C=O) groups excluding carboxylic acids is 3. The summed E-state index contributed by atoms with van der Waals surface area (Å²) in [5, 5.41) is 5.50. The Kier molecular flexibility index (Phi) is 5.05. The Hall–Kier alpha value is -3.22. The van der Waals surface area contributed by atoms with Crippen LogP contribution in [0.25, 0.3) is 0 Å². The van der Waals surface area contributed by atoms with Crippen LogP contribution in [0.1, 0.15) is 48.6 Å². The highest BCUT2D eigenvalue weighted by Crippen LogP contribution is 2.32. The quantitative estimate of drug-likeness (QED) is 0.746. The number of rotatable bonds is 5. The summed E-state index contributed by atoms with van der Waals surface area (Å²) in [5.74, 6) is -1.27. The van der Waals surface area contributed by atoms with Crippen LogP contribution in [0, 0.1) is 5.82 Å². The molecule has 4 rings (SSSR count). The van der Waals surface area contributed by atoms with Crippen LogP contribution in [0.4, 0.5) is 9.18 Å². The second-order valence-electron chi connectivity index (χ2n) is 8.12. The van der Waals surface area contributed by atoms with Crippen LogP contribution in [0.15, 0.2) is 42.5 Å². The van der Waals surface area contributed by atoms with E-state index in [0.29, 0.717) is 0 Å². The fourth-order valence-corrected chi connectivity index (χ4v) is 4.18. The highest BCUT2D eigenvalue weighted by atomic mass is 19.1. The van der Waals surface area contributed by atoms with Crippen LogP contribution in [0.3, 0.4) is 0 Å². The van der Waals surface area contributed by atoms with E-state index in [-0.39, 0.29) is 18.4 Å². The molecule has 2 aliphatic rings. The largest absolute Gasteiger partial charge is 0.348 e. The van der Waals surface area contributed by atoms with Crippen LogP contribution in [0.2, 0.25) is 0 Å². The molecule has 1 aliphatic carbocycles. The summed E-state index contributed by atoms with van der Waals surface area (Å²) >= 11 is 0. The van der Waals surface area contributed by atoms with Gasteiger partial charge in [0.2, 0.25) is 5.91 Å². The molecule has 6 nitrogen and oxygen atoms in total. The first-order chi connectivity index (χ1) is 14.3. The van der Waals surface area contributed by atoms with Gasteiger partial charge in [-0.15, -0.1) is 0 Å². The number of aryl methyl sites for hydroxylation is 2. The van der Waals surface area contributed by atoms with Gasteiger partial charge in [-0.2, -0.15) is 0 Å². The molecule has 0 aromatic heterocycles. The van der Waals surface area contributed by atoms with Gasteiger partial charge in [0.1, 0.15) is 17.9 Å². The molecule has 0 bridgehead atoms. The number of imide groups is 1. The van der Waals surface area contributed by atoms with E-state index in [0.717, 1.165) is 35.3 Å². The molecular weight excluding hydrogens is 385 g/mol. The predicted octanol–water partition coefficient (Wildman–Crippen LogP) is 2.96. The minimum atomic E-state index is -1.20. The van der Waals surface area contributed by atoms with Gasteiger partial charge in [0.25, 0.3) is 5.91 Å². The molecule has 0 radical (unpaired) electrons. The van der Waals surface area contributed by atoms with E-state index >= 15 is 0 Å². The summed E-state index contributed by atoms with van der Waals surface area (Å²) in [6, 6.07) is 10.7. The van der Waals surface area contributed by atoms with Crippen molar-refractivity contribution in [2.24, 2.45) is 0 Å². The third-order valence-electron chi connectivity index (χ3n) is 6.00. The maximum absolute atomic E-state index is 13.1. The Morgan fingerprint density at radius 1 is 1.17 bits per heavy atom. The number of urea groups is 1. The number of carbonyl (C=O) groups is 3. The normalized spacial score (nSPS) is 21.4. The molecule has 0 spiro atoms. The van der Waals surface area contributed by atoms with Gasteiger partial charge < -0.3 is 10.6 Å². The Morgan fingerprint density at radius 2 is 1.87 bits per heavy atom. The zero-order valence-electron chi connectivity index (χ0n) is 17.0. The molecule has 7 heteroatoms. The fourth-order valence-electron chi connectivity index (χ4n) is 4.18. The van der Waals surface area contributed by atoms with E-state index < -0.39 is 23.4 Å². The molecule has 2 unspecified atom stereocenters. The highest BCUT2D eigenvalue weighted by Gasteiger charge is 2.49. The van der Waals surface area contributed by atoms with Gasteiger partial charge in [0.05, 0.1) is 6.04 Å². The van der Waals surface area contributed by atoms with Crippen molar-refractivity contribution in [1.29, 1.82) is 0 Å². The summed E-state index contributed by atoms with van der Waals surface area (Å²) < 4.78 is 13.1. The Balaban J connectivity index is 1.46. The Labute approximate surface area is 174 Å². The molecule has 2 N–H and O–H groups in total. The van der Waals surface area contributed by atoms with Crippen molar-refractivity contribution in [3.8, 4) is 0 Å². The van der Waals surface area contributed by atoms with Gasteiger partial charge in [-0.1, -0.05) is 30.3 Å². The first kappa shape index (κ1) is 20.1. The molecule has 1 fully saturated rings. The van der Waals surface area contributed by atoms with Gasteiger partial charge in [0, 0.05) is 0 Å². The fraction of sp³-hybridized carbons (Fsp3) is 0.348. The van der Waals surface area contributed by atoms with Gasteiger partial charge in [-0.3, -0.25) is 14.5 Å². The van der Waals surface area contributed by atoms with Crippen LogP contribution in [-0.4, -0.2) is 29.3 Å². The van der Waals surface area contributed by atoms with Crippen molar-refractivity contribution in [3.63, 3.8) is 0 Å². The molecule has 2 aromatic rings. The second-order valence-corrected chi connectivity index (χ2v) is 8.12. The van der Waals surface area contributed by atoms with E-state index in [4.69, 9.17) is 0 Å². The number of amides is 4. The van der Waals surface area contributed by atoms with Gasteiger partial charge in [-0.25, -0.2) is 9.18 Å². The van der Waals surface area contributed by atoms with Crippen molar-refractivity contribution < 1.29 is 18.8 Å². The third kappa shape index (κ3) is 3.56. The molecule has 156 valence electrons. The first-order valence-corrected chi connectivity index (χ1v) is 10.1.